The minimum absolute atomic E-state index is 0.596. The minimum Gasteiger partial charge on any atom is -0.480 e. The Balaban J connectivity index is 5.32. The van der Waals surface area contributed by atoms with Gasteiger partial charge < -0.3 is 38.3 Å². The van der Waals surface area contributed by atoms with Gasteiger partial charge in [-0.3, -0.25) is 28.8 Å². The van der Waals surface area contributed by atoms with Crippen LogP contribution in [0.1, 0.15) is 26.7 Å². The Labute approximate surface area is 154 Å². The summed E-state index contributed by atoms with van der Waals surface area (Å²) in [7, 11) is 0. The molecule has 0 aromatic heterocycles. The van der Waals surface area contributed by atoms with Gasteiger partial charge in [-0.15, -0.1) is 0 Å². The SMILES string of the molecule is CC(N)C(=O)NC(CC(N)=O)C(=O)NC(CC(N)=O)C(=O)NC(C)C(=O)O. The Kier molecular flexibility index (Phi) is 9.42. The Bertz CT molecular complexity index is 621. The van der Waals surface area contributed by atoms with E-state index in [0.717, 1.165) is 0 Å². The first-order valence-electron chi connectivity index (χ1n) is 7.81. The van der Waals surface area contributed by atoms with E-state index in [4.69, 9.17) is 22.3 Å². The zero-order chi connectivity index (χ0) is 21.3. The van der Waals surface area contributed by atoms with Gasteiger partial charge in [-0.1, -0.05) is 0 Å². The maximum atomic E-state index is 12.3. The van der Waals surface area contributed by atoms with Crippen molar-refractivity contribution in [2.24, 2.45) is 17.2 Å². The van der Waals surface area contributed by atoms with Gasteiger partial charge in [0.15, 0.2) is 0 Å². The molecule has 4 atom stereocenters. The molecule has 0 bridgehead atoms. The number of aliphatic carboxylic acids is 1. The molecule has 10 N–H and O–H groups in total. The first-order valence-corrected chi connectivity index (χ1v) is 7.81. The molecular formula is C14H24N6O7. The zero-order valence-electron chi connectivity index (χ0n) is 14.9. The van der Waals surface area contributed by atoms with E-state index >= 15 is 0 Å². The molecule has 0 fully saturated rings. The number of carboxylic acid groups (broad SMARTS) is 1. The molecule has 0 saturated heterocycles. The summed E-state index contributed by atoms with van der Waals surface area (Å²) in [6.07, 6.45) is -1.24. The molecule has 4 unspecified atom stereocenters. The van der Waals surface area contributed by atoms with Gasteiger partial charge in [0.2, 0.25) is 29.5 Å². The van der Waals surface area contributed by atoms with Crippen LogP contribution >= 0.6 is 0 Å². The second-order valence-corrected chi connectivity index (χ2v) is 5.82. The molecule has 13 heteroatoms. The van der Waals surface area contributed by atoms with Gasteiger partial charge in [-0.05, 0) is 13.8 Å². The maximum absolute atomic E-state index is 12.3. The van der Waals surface area contributed by atoms with Gasteiger partial charge in [0.05, 0.1) is 18.9 Å². The van der Waals surface area contributed by atoms with Crippen molar-refractivity contribution in [2.75, 3.05) is 0 Å². The largest absolute Gasteiger partial charge is 0.480 e. The third-order valence-corrected chi connectivity index (χ3v) is 3.22. The van der Waals surface area contributed by atoms with Crippen molar-refractivity contribution >= 4 is 35.5 Å². The lowest BCUT2D eigenvalue weighted by atomic mass is 10.1. The highest BCUT2D eigenvalue weighted by molar-refractivity contribution is 5.97. The lowest BCUT2D eigenvalue weighted by Gasteiger charge is -2.23. The van der Waals surface area contributed by atoms with E-state index in [9.17, 15) is 28.8 Å². The van der Waals surface area contributed by atoms with Crippen LogP contribution in [0.4, 0.5) is 0 Å². The number of nitrogens with one attached hydrogen (secondary N) is 3. The predicted octanol–water partition coefficient (Wildman–Crippen LogP) is -4.36. The summed E-state index contributed by atoms with van der Waals surface area (Å²) in [4.78, 5) is 69.2. The molecule has 5 amide bonds. The number of rotatable bonds is 11. The fourth-order valence-electron chi connectivity index (χ4n) is 1.77. The van der Waals surface area contributed by atoms with Gasteiger partial charge in [-0.2, -0.15) is 0 Å². The second-order valence-electron chi connectivity index (χ2n) is 5.82. The van der Waals surface area contributed by atoms with Crippen molar-refractivity contribution in [2.45, 2.75) is 50.9 Å². The molecule has 152 valence electrons. The summed E-state index contributed by atoms with van der Waals surface area (Å²) in [6.45, 7) is 2.51. The molecule has 0 rings (SSSR count). The van der Waals surface area contributed by atoms with Crippen molar-refractivity contribution in [3.63, 3.8) is 0 Å². The zero-order valence-corrected chi connectivity index (χ0v) is 14.9. The fraction of sp³-hybridized carbons (Fsp3) is 0.571. The summed E-state index contributed by atoms with van der Waals surface area (Å²) in [6, 6.07) is -5.28. The first kappa shape index (κ1) is 23.8. The number of nitrogens with two attached hydrogens (primary N) is 3. The molecule has 0 heterocycles. The fourth-order valence-corrected chi connectivity index (χ4v) is 1.77. The highest BCUT2D eigenvalue weighted by Crippen LogP contribution is 1.99. The van der Waals surface area contributed by atoms with Crippen LogP contribution in [0.5, 0.6) is 0 Å². The van der Waals surface area contributed by atoms with Crippen LogP contribution in [-0.2, 0) is 28.8 Å². The second kappa shape index (κ2) is 10.7. The highest BCUT2D eigenvalue weighted by atomic mass is 16.4. The molecule has 0 radical (unpaired) electrons. The van der Waals surface area contributed by atoms with Crippen LogP contribution in [0.3, 0.4) is 0 Å². The van der Waals surface area contributed by atoms with Crippen LogP contribution < -0.4 is 33.2 Å². The molecule has 13 nitrogen and oxygen atoms in total. The summed E-state index contributed by atoms with van der Waals surface area (Å²) < 4.78 is 0. The average Bonchev–Trinajstić information content (AvgIpc) is 2.51. The maximum Gasteiger partial charge on any atom is 0.325 e. The van der Waals surface area contributed by atoms with Crippen LogP contribution in [0.15, 0.2) is 0 Å². The summed E-state index contributed by atoms with van der Waals surface area (Å²) in [5.41, 5.74) is 15.4. The summed E-state index contributed by atoms with van der Waals surface area (Å²) in [5.74, 6) is -5.98. The lowest BCUT2D eigenvalue weighted by molar-refractivity contribution is -0.142. The normalized spacial score (nSPS) is 14.8. The van der Waals surface area contributed by atoms with E-state index in [-0.39, 0.29) is 0 Å². The number of carbonyl (C=O) groups excluding carboxylic acids is 5. The van der Waals surface area contributed by atoms with E-state index < -0.39 is 72.5 Å². The molecule has 0 aliphatic rings. The molecule has 0 aromatic rings. The Hall–Kier alpha value is -3.22. The van der Waals surface area contributed by atoms with Crippen LogP contribution in [0.2, 0.25) is 0 Å². The smallest absolute Gasteiger partial charge is 0.325 e. The van der Waals surface area contributed by atoms with Crippen molar-refractivity contribution in [1.29, 1.82) is 0 Å². The van der Waals surface area contributed by atoms with Gasteiger partial charge in [0.25, 0.3) is 0 Å². The van der Waals surface area contributed by atoms with Crippen LogP contribution in [-0.4, -0.2) is 64.8 Å². The molecule has 0 aliphatic carbocycles. The van der Waals surface area contributed by atoms with E-state index in [1.54, 1.807) is 0 Å². The monoisotopic (exact) mass is 388 g/mol. The van der Waals surface area contributed by atoms with Crippen LogP contribution in [0, 0.1) is 0 Å². The topological polar surface area (TPSA) is 237 Å². The third-order valence-electron chi connectivity index (χ3n) is 3.22. The average molecular weight is 388 g/mol. The molecule has 0 saturated carbocycles. The standard InChI is InChI=1S/C14H24N6O7/c1-5(15)11(23)19-8(4-10(17)22)13(25)20-7(3-9(16)21)12(24)18-6(2)14(26)27/h5-8H,3-4,15H2,1-2H3,(H2,16,21)(H2,17,22)(H,18,24)(H,19,23)(H,20,25)(H,26,27). The number of carboxylic acids is 1. The van der Waals surface area contributed by atoms with Crippen molar-refractivity contribution in [1.82, 2.24) is 16.0 Å². The first-order chi connectivity index (χ1) is 12.3. The number of amides is 5. The summed E-state index contributed by atoms with van der Waals surface area (Å²) in [5, 5.41) is 15.2. The lowest BCUT2D eigenvalue weighted by Crippen LogP contribution is -2.57. The van der Waals surface area contributed by atoms with Gasteiger partial charge in [-0.25, -0.2) is 0 Å². The van der Waals surface area contributed by atoms with Crippen LogP contribution in [0.25, 0.3) is 0 Å². The number of carbonyl (C=O) groups is 6. The quantitative estimate of drug-likeness (QED) is 0.182. The van der Waals surface area contributed by atoms with E-state index in [2.05, 4.69) is 16.0 Å². The summed E-state index contributed by atoms with van der Waals surface area (Å²) >= 11 is 0. The highest BCUT2D eigenvalue weighted by Gasteiger charge is 2.30. The van der Waals surface area contributed by atoms with E-state index in [1.165, 1.54) is 13.8 Å². The minimum atomic E-state index is -1.53. The van der Waals surface area contributed by atoms with Gasteiger partial charge >= 0.3 is 5.97 Å². The Morgan fingerprint density at radius 2 is 1.15 bits per heavy atom. The molecular weight excluding hydrogens is 364 g/mol. The van der Waals surface area contributed by atoms with Crippen molar-refractivity contribution in [3.05, 3.63) is 0 Å². The molecule has 27 heavy (non-hydrogen) atoms. The van der Waals surface area contributed by atoms with Gasteiger partial charge in [0, 0.05) is 0 Å². The predicted molar refractivity (Wildman–Crippen MR) is 90.4 cm³/mol. The number of hydrogen-bond donors (Lipinski definition) is 7. The van der Waals surface area contributed by atoms with E-state index in [1.807, 2.05) is 0 Å². The van der Waals surface area contributed by atoms with Crippen molar-refractivity contribution in [3.8, 4) is 0 Å². The molecule has 0 aliphatic heterocycles. The van der Waals surface area contributed by atoms with Gasteiger partial charge in [0.1, 0.15) is 18.1 Å². The Morgan fingerprint density at radius 3 is 1.48 bits per heavy atom. The third kappa shape index (κ3) is 9.15. The number of primary amides is 2. The molecule has 0 aromatic carbocycles. The molecule has 0 spiro atoms. The number of hydrogen-bond acceptors (Lipinski definition) is 7. The Morgan fingerprint density at radius 1 is 0.778 bits per heavy atom. The van der Waals surface area contributed by atoms with E-state index in [0.29, 0.717) is 0 Å². The van der Waals surface area contributed by atoms with Crippen molar-refractivity contribution < 1.29 is 33.9 Å².